The van der Waals surface area contributed by atoms with E-state index in [4.69, 9.17) is 11.1 Å². The zero-order chi connectivity index (χ0) is 13.0. The Morgan fingerprint density at radius 3 is 1.94 bits per heavy atom. The highest BCUT2D eigenvalue weighted by molar-refractivity contribution is 7.39. The van der Waals surface area contributed by atoms with Gasteiger partial charge in [0.1, 0.15) is 0 Å². The van der Waals surface area contributed by atoms with Crippen LogP contribution in [0, 0.1) is 0 Å². The van der Waals surface area contributed by atoms with Crippen LogP contribution in [0.5, 0.6) is 0 Å². The van der Waals surface area contributed by atoms with Crippen molar-refractivity contribution in [3.8, 4) is 0 Å². The van der Waals surface area contributed by atoms with Crippen LogP contribution in [0.1, 0.15) is 5.56 Å². The third-order valence-corrected chi connectivity index (χ3v) is 7.74. The maximum absolute atomic E-state index is 6.86. The molecule has 0 aliphatic heterocycles. The van der Waals surface area contributed by atoms with Gasteiger partial charge in [-0.1, -0.05) is 72.9 Å². The molecule has 90 valence electrons. The van der Waals surface area contributed by atoms with Crippen LogP contribution in [0.3, 0.4) is 0 Å². The van der Waals surface area contributed by atoms with Crippen LogP contribution in [-0.2, 0) is 0 Å². The van der Waals surface area contributed by atoms with Crippen LogP contribution < -0.4 is 5.19 Å². The second kappa shape index (κ2) is 5.38. The van der Waals surface area contributed by atoms with Gasteiger partial charge in [0.25, 0.3) is 0 Å². The van der Waals surface area contributed by atoms with Crippen molar-refractivity contribution in [2.75, 3.05) is 0 Å². The molecule has 2 heteroatoms. The topological polar surface area (TPSA) is 0 Å². The highest BCUT2D eigenvalue weighted by Crippen LogP contribution is 2.28. The molecule has 1 unspecified atom stereocenters. The predicted molar refractivity (Wildman–Crippen MR) is 83.4 cm³/mol. The Bertz CT molecular complexity index is 548. The van der Waals surface area contributed by atoms with Crippen molar-refractivity contribution in [1.82, 2.24) is 0 Å². The average molecular weight is 271 g/mol. The van der Waals surface area contributed by atoms with Crippen molar-refractivity contribution in [3.63, 3.8) is 0 Å². The van der Waals surface area contributed by atoms with Crippen LogP contribution in [-0.4, -0.2) is 7.38 Å². The van der Waals surface area contributed by atoms with Crippen LogP contribution in [0.4, 0.5) is 0 Å². The number of rotatable bonds is 4. The second-order valence-electron chi connectivity index (χ2n) is 4.13. The normalized spacial score (nSPS) is 13.6. The molecule has 0 fully saturated rings. The van der Waals surface area contributed by atoms with Crippen LogP contribution in [0.25, 0.3) is 5.20 Å². The Kier molecular flexibility index (Phi) is 3.85. The summed E-state index contributed by atoms with van der Waals surface area (Å²) in [7, 11) is -2.40. The Morgan fingerprint density at radius 1 is 0.944 bits per heavy atom. The van der Waals surface area contributed by atoms with Crippen molar-refractivity contribution >= 4 is 28.8 Å². The van der Waals surface area contributed by atoms with E-state index in [9.17, 15) is 0 Å². The molecule has 0 aliphatic rings. The first-order valence-electron chi connectivity index (χ1n) is 5.81. The van der Waals surface area contributed by atoms with Crippen molar-refractivity contribution < 1.29 is 0 Å². The molecule has 2 rings (SSSR count). The molecule has 0 spiro atoms. The Balaban J connectivity index is 2.46. The summed E-state index contributed by atoms with van der Waals surface area (Å²) in [4.78, 5) is 0. The van der Waals surface area contributed by atoms with E-state index >= 15 is 0 Å². The third kappa shape index (κ3) is 2.33. The van der Waals surface area contributed by atoms with Gasteiger partial charge in [-0.05, 0) is 15.9 Å². The summed E-state index contributed by atoms with van der Waals surface area (Å²) in [5, 5.41) is 2.10. The van der Waals surface area contributed by atoms with Gasteiger partial charge in [0.05, 0.1) is 0 Å². The van der Waals surface area contributed by atoms with Crippen LogP contribution in [0.15, 0.2) is 79.5 Å². The van der Waals surface area contributed by atoms with Crippen LogP contribution in [0.2, 0.25) is 0 Å². The standard InChI is InChI=1S/C16H15ClSi/c1-3-18(17,16-12-8-5-9-13-16)14(2)15-10-6-4-7-11-15/h3-13H,1-2H2. The molecule has 0 N–H and O–H groups in total. The molecule has 0 saturated carbocycles. The van der Waals surface area contributed by atoms with Crippen molar-refractivity contribution in [2.45, 2.75) is 0 Å². The minimum absolute atomic E-state index is 0.978. The molecule has 0 saturated heterocycles. The van der Waals surface area contributed by atoms with Gasteiger partial charge in [-0.2, -0.15) is 0 Å². The Labute approximate surface area is 114 Å². The maximum Gasteiger partial charge on any atom is 0.240 e. The molecule has 2 aromatic rings. The molecule has 0 aromatic heterocycles. The van der Waals surface area contributed by atoms with E-state index in [1.165, 1.54) is 0 Å². The molecule has 2 aromatic carbocycles. The van der Waals surface area contributed by atoms with E-state index in [2.05, 4.69) is 25.3 Å². The first-order valence-corrected chi connectivity index (χ1v) is 8.90. The zero-order valence-electron chi connectivity index (χ0n) is 10.1. The fourth-order valence-corrected chi connectivity index (χ4v) is 4.75. The lowest BCUT2D eigenvalue weighted by molar-refractivity contribution is 1.65. The quantitative estimate of drug-likeness (QED) is 0.581. The lowest BCUT2D eigenvalue weighted by atomic mass is 10.2. The summed E-state index contributed by atoms with van der Waals surface area (Å²) in [6, 6.07) is 20.2. The highest BCUT2D eigenvalue weighted by atomic mass is 35.6. The fraction of sp³-hybridized carbons (Fsp3) is 0. The minimum atomic E-state index is -2.40. The van der Waals surface area contributed by atoms with Gasteiger partial charge in [0, 0.05) is 0 Å². The largest absolute Gasteiger partial charge is 0.240 e. The summed E-state index contributed by atoms with van der Waals surface area (Å²) in [6.45, 7) is 8.13. The fourth-order valence-electron chi connectivity index (χ4n) is 1.95. The van der Waals surface area contributed by atoms with E-state index in [1.54, 1.807) is 0 Å². The molecule has 0 radical (unpaired) electrons. The van der Waals surface area contributed by atoms with Crippen LogP contribution >= 0.6 is 11.1 Å². The Hall–Kier alpha value is -1.57. The summed E-state index contributed by atoms with van der Waals surface area (Å²) < 4.78 is 0. The summed E-state index contributed by atoms with van der Waals surface area (Å²) in [5.74, 6) is 0. The maximum atomic E-state index is 6.86. The van der Waals surface area contributed by atoms with Gasteiger partial charge in [-0.25, -0.2) is 0 Å². The molecule has 18 heavy (non-hydrogen) atoms. The van der Waals surface area contributed by atoms with Gasteiger partial charge in [-0.3, -0.25) is 0 Å². The smallest absolute Gasteiger partial charge is 0.149 e. The van der Waals surface area contributed by atoms with E-state index < -0.39 is 7.38 Å². The number of hydrogen-bond donors (Lipinski definition) is 0. The van der Waals surface area contributed by atoms with Gasteiger partial charge in [-0.15, -0.1) is 17.7 Å². The SMILES string of the molecule is C=C[Si](Cl)(C(=C)c1ccccc1)c1ccccc1. The minimum Gasteiger partial charge on any atom is -0.149 e. The molecular formula is C16H15ClSi. The lowest BCUT2D eigenvalue weighted by Gasteiger charge is -2.24. The predicted octanol–water partition coefficient (Wildman–Crippen LogP) is 4.06. The molecule has 1 atom stereocenters. The van der Waals surface area contributed by atoms with Crippen molar-refractivity contribution in [1.29, 1.82) is 0 Å². The van der Waals surface area contributed by atoms with Gasteiger partial charge in [0.15, 0.2) is 0 Å². The molecular weight excluding hydrogens is 256 g/mol. The molecule has 0 amide bonds. The summed E-state index contributed by atoms with van der Waals surface area (Å²) >= 11 is 6.86. The highest BCUT2D eigenvalue weighted by Gasteiger charge is 2.33. The van der Waals surface area contributed by atoms with Gasteiger partial charge in [0.2, 0.25) is 7.38 Å². The monoisotopic (exact) mass is 270 g/mol. The van der Waals surface area contributed by atoms with Crippen molar-refractivity contribution in [3.05, 3.63) is 85.1 Å². The van der Waals surface area contributed by atoms with Crippen molar-refractivity contribution in [2.24, 2.45) is 0 Å². The van der Waals surface area contributed by atoms with Gasteiger partial charge >= 0.3 is 0 Å². The number of halogens is 1. The second-order valence-corrected chi connectivity index (χ2v) is 8.93. The average Bonchev–Trinajstić information content (AvgIpc) is 2.47. The third-order valence-electron chi connectivity index (χ3n) is 3.04. The zero-order valence-corrected chi connectivity index (χ0v) is 11.9. The Morgan fingerprint density at radius 2 is 1.44 bits per heavy atom. The van der Waals surface area contributed by atoms with E-state index in [0.717, 1.165) is 15.9 Å². The number of benzene rings is 2. The van der Waals surface area contributed by atoms with Gasteiger partial charge < -0.3 is 0 Å². The van der Waals surface area contributed by atoms with E-state index in [1.807, 2.05) is 54.2 Å². The number of hydrogen-bond acceptors (Lipinski definition) is 0. The lowest BCUT2D eigenvalue weighted by Crippen LogP contribution is -2.41. The molecule has 0 bridgehead atoms. The molecule has 0 heterocycles. The molecule has 0 aliphatic carbocycles. The van der Waals surface area contributed by atoms with E-state index in [-0.39, 0.29) is 0 Å². The van der Waals surface area contributed by atoms with E-state index in [0.29, 0.717) is 0 Å². The molecule has 0 nitrogen and oxygen atoms in total. The first kappa shape index (κ1) is 12.9. The summed E-state index contributed by atoms with van der Waals surface area (Å²) in [5.41, 5.74) is 2.96. The first-order chi connectivity index (χ1) is 8.68. The summed E-state index contributed by atoms with van der Waals surface area (Å²) in [6.07, 6.45) is 0.